The van der Waals surface area contributed by atoms with Gasteiger partial charge in [0.2, 0.25) is 0 Å². The summed E-state index contributed by atoms with van der Waals surface area (Å²) in [5.74, 6) is 1.83. The fourth-order valence-corrected chi connectivity index (χ4v) is 2.56. The Balaban J connectivity index is -0.000000106. The van der Waals surface area contributed by atoms with Gasteiger partial charge in [0.05, 0.1) is 0 Å². The first-order valence-corrected chi connectivity index (χ1v) is 6.86. The van der Waals surface area contributed by atoms with Crippen molar-refractivity contribution in [2.75, 3.05) is 41.0 Å². The Labute approximate surface area is 143 Å². The van der Waals surface area contributed by atoms with E-state index in [1.165, 1.54) is 19.3 Å². The zero-order valence-electron chi connectivity index (χ0n) is 12.6. The maximum Gasteiger partial charge on any atom is 4.00 e. The summed E-state index contributed by atoms with van der Waals surface area (Å²) in [6, 6.07) is 0. The van der Waals surface area contributed by atoms with E-state index in [2.05, 4.69) is 15.4 Å². The van der Waals surface area contributed by atoms with Crippen LogP contribution in [0.5, 0.6) is 0 Å². The predicted molar refractivity (Wildman–Crippen MR) is 85.6 cm³/mol. The van der Waals surface area contributed by atoms with Gasteiger partial charge in [-0.1, -0.05) is 6.42 Å². The molecule has 6 heteroatoms. The molecule has 0 spiro atoms. The van der Waals surface area contributed by atoms with Crippen molar-refractivity contribution < 1.29 is 25.8 Å². The summed E-state index contributed by atoms with van der Waals surface area (Å²) in [4.78, 5) is 0. The Morgan fingerprint density at radius 3 is 1.78 bits per heavy atom. The molecule has 108 valence electrons. The normalized spacial score (nSPS) is 20.3. The second-order valence-electron chi connectivity index (χ2n) is 3.58. The van der Waals surface area contributed by atoms with Gasteiger partial charge >= 0.3 is 25.8 Å². The molecule has 0 aromatic rings. The molecule has 3 nitrogen and oxygen atoms in total. The molecule has 1 saturated carbocycles. The monoisotopic (exact) mass is 461 g/mol. The molecule has 0 heterocycles. The summed E-state index contributed by atoms with van der Waals surface area (Å²) in [6.45, 7) is 0. The van der Waals surface area contributed by atoms with Gasteiger partial charge in [-0.2, -0.15) is 35.2 Å². The summed E-state index contributed by atoms with van der Waals surface area (Å²) < 4.78 is 3.99. The number of rotatable bonds is 3. The molecule has 1 unspecified atom stereocenters. The van der Waals surface area contributed by atoms with E-state index in [4.69, 9.17) is 11.6 Å². The van der Waals surface area contributed by atoms with Crippen LogP contribution in [-0.4, -0.2) is 46.4 Å². The minimum atomic E-state index is 0. The molecule has 1 aliphatic rings. The first-order chi connectivity index (χ1) is 7.67. The average Bonchev–Trinajstić information content (AvgIpc) is 2.63. The largest absolute Gasteiger partial charge is 4.00 e. The molecular formula is C12H28ClHfN3S. The summed E-state index contributed by atoms with van der Waals surface area (Å²) >= 11 is 7.71. The van der Waals surface area contributed by atoms with Gasteiger partial charge in [-0.25, -0.2) is 0 Å². The van der Waals surface area contributed by atoms with Crippen LogP contribution in [0.3, 0.4) is 0 Å². The van der Waals surface area contributed by atoms with Gasteiger partial charge in [-0.05, 0) is 24.5 Å². The van der Waals surface area contributed by atoms with Crippen LogP contribution in [0, 0.1) is 13.3 Å². The van der Waals surface area contributed by atoms with Crippen molar-refractivity contribution in [1.82, 2.24) is 0 Å². The zero-order chi connectivity index (χ0) is 12.8. The van der Waals surface area contributed by atoms with E-state index in [1.54, 1.807) is 40.1 Å². The second kappa shape index (κ2) is 23.5. The molecule has 1 aliphatic carbocycles. The zero-order valence-corrected chi connectivity index (χ0v) is 17.8. The van der Waals surface area contributed by atoms with Crippen LogP contribution in [-0.2, 0) is 25.8 Å². The number of nitrogens with zero attached hydrogens (tertiary/aromatic N) is 3. The topological polar surface area (TPSA) is 42.3 Å². The molecule has 1 fully saturated rings. The molecule has 0 N–H and O–H groups in total. The van der Waals surface area contributed by atoms with Crippen LogP contribution in [0.15, 0.2) is 0 Å². The van der Waals surface area contributed by atoms with E-state index >= 15 is 0 Å². The number of alkyl halides is 1. The molecule has 18 heavy (non-hydrogen) atoms. The van der Waals surface area contributed by atoms with Crippen molar-refractivity contribution in [1.29, 1.82) is 0 Å². The van der Waals surface area contributed by atoms with E-state index in [9.17, 15) is 0 Å². The maximum atomic E-state index is 6.06. The van der Waals surface area contributed by atoms with Gasteiger partial charge in [0, 0.05) is 5.38 Å². The first-order valence-electron chi connectivity index (χ1n) is 5.48. The van der Waals surface area contributed by atoms with Gasteiger partial charge < -0.3 is 22.8 Å². The summed E-state index contributed by atoms with van der Waals surface area (Å²) in [6.07, 6.45) is 3.82. The van der Waals surface area contributed by atoms with E-state index in [0.29, 0.717) is 5.38 Å². The summed E-state index contributed by atoms with van der Waals surface area (Å²) in [7, 11) is 8.84. The minimum absolute atomic E-state index is 0. The first kappa shape index (κ1) is 27.7. The quantitative estimate of drug-likeness (QED) is 0.260. The van der Waals surface area contributed by atoms with E-state index in [0.717, 1.165) is 11.7 Å². The van der Waals surface area contributed by atoms with E-state index in [1.807, 2.05) is 7.05 Å². The average molecular weight is 460 g/mol. The van der Waals surface area contributed by atoms with E-state index < -0.39 is 0 Å². The third kappa shape index (κ3) is 19.7. The fourth-order valence-electron chi connectivity index (χ4n) is 1.35. The standard InChI is InChI=1S/C7H13ClNS.2C2H6N.CH3.Hf/c1-9-10-5-6-3-2-4-7(6)8;2*1-3-2;;/h6-7H,2-5H2,1H3;2*1-2H3;1H3;/q4*-1;+4/t6-,7?;;;;/m0..../s1. The van der Waals surface area contributed by atoms with Gasteiger partial charge in [-0.15, -0.1) is 11.6 Å². The number of hydrogen-bond donors (Lipinski definition) is 0. The van der Waals surface area contributed by atoms with Crippen molar-refractivity contribution in [2.24, 2.45) is 5.92 Å². The third-order valence-corrected chi connectivity index (χ3v) is 3.39. The van der Waals surface area contributed by atoms with Crippen LogP contribution in [0.25, 0.3) is 15.4 Å². The van der Waals surface area contributed by atoms with Gasteiger partial charge in [-0.3, -0.25) is 11.9 Å². The number of hydrogen-bond acceptors (Lipinski definition) is 1. The molecular weight excluding hydrogens is 432 g/mol. The van der Waals surface area contributed by atoms with Crippen molar-refractivity contribution >= 4 is 23.5 Å². The molecule has 0 amide bonds. The maximum absolute atomic E-state index is 6.06. The van der Waals surface area contributed by atoms with Gasteiger partial charge in [0.1, 0.15) is 0 Å². The fraction of sp³-hybridized carbons (Fsp3) is 0.917. The molecule has 0 aromatic heterocycles. The smallest absolute Gasteiger partial charge is 0.668 e. The van der Waals surface area contributed by atoms with E-state index in [-0.39, 0.29) is 33.3 Å². The van der Waals surface area contributed by atoms with Crippen LogP contribution in [0.1, 0.15) is 19.3 Å². The van der Waals surface area contributed by atoms with Crippen LogP contribution in [0.2, 0.25) is 0 Å². The predicted octanol–water partition coefficient (Wildman–Crippen LogP) is 4.73. The molecule has 0 saturated heterocycles. The Morgan fingerprint density at radius 1 is 1.06 bits per heavy atom. The van der Waals surface area contributed by atoms with Crippen LogP contribution < -0.4 is 0 Å². The molecule has 0 aromatic carbocycles. The van der Waals surface area contributed by atoms with Crippen molar-refractivity contribution in [3.05, 3.63) is 22.8 Å². The SMILES string of the molecule is C[N-]C.C[N-]C.C[N-]SC[C@@H]1CCCC1Cl.[CH3-].[Hf+4]. The van der Waals surface area contributed by atoms with Crippen molar-refractivity contribution in [3.8, 4) is 0 Å². The molecule has 1 rings (SSSR count). The summed E-state index contributed by atoms with van der Waals surface area (Å²) in [5, 5.41) is 7.43. The minimum Gasteiger partial charge on any atom is -0.668 e. The van der Waals surface area contributed by atoms with Crippen molar-refractivity contribution in [3.63, 3.8) is 0 Å². The molecule has 0 aliphatic heterocycles. The van der Waals surface area contributed by atoms with Crippen LogP contribution in [0.4, 0.5) is 0 Å². The molecule has 0 bridgehead atoms. The Kier molecular flexibility index (Phi) is 36.1. The second-order valence-corrected chi connectivity index (χ2v) is 5.10. The molecule has 2 atom stereocenters. The van der Waals surface area contributed by atoms with Gasteiger partial charge in [0.25, 0.3) is 0 Å². The number of halogens is 1. The van der Waals surface area contributed by atoms with Crippen molar-refractivity contribution in [2.45, 2.75) is 24.6 Å². The Morgan fingerprint density at radius 2 is 1.50 bits per heavy atom. The summed E-state index contributed by atoms with van der Waals surface area (Å²) in [5.41, 5.74) is 0. The molecule has 0 radical (unpaired) electrons. The third-order valence-electron chi connectivity index (χ3n) is 1.98. The van der Waals surface area contributed by atoms with Crippen LogP contribution >= 0.6 is 23.5 Å². The Bertz CT molecular complexity index is 132. The van der Waals surface area contributed by atoms with Gasteiger partial charge in [0.15, 0.2) is 0 Å². The Hall–Kier alpha value is 1.39.